The molecule has 2 saturated carbocycles. The van der Waals surface area contributed by atoms with E-state index in [0.29, 0.717) is 13.2 Å². The fourth-order valence-electron chi connectivity index (χ4n) is 4.87. The van der Waals surface area contributed by atoms with Crippen LogP contribution in [0.1, 0.15) is 44.9 Å². The van der Waals surface area contributed by atoms with Crippen LogP contribution in [0.2, 0.25) is 0 Å². The standard InChI is InChI=1S/C17H28N2O3/c20-16(15-6-3-7-17(15)21-12-13-22-17)19-10-8-18(9-11-19)14-4-1-2-5-14/h14-15H,1-13H2. The van der Waals surface area contributed by atoms with E-state index >= 15 is 0 Å². The van der Waals surface area contributed by atoms with Gasteiger partial charge in [0.2, 0.25) is 5.91 Å². The van der Waals surface area contributed by atoms with Gasteiger partial charge in [0.05, 0.1) is 19.1 Å². The molecule has 5 heteroatoms. The van der Waals surface area contributed by atoms with Gasteiger partial charge in [-0.2, -0.15) is 0 Å². The molecule has 0 bridgehead atoms. The molecular formula is C17H28N2O3. The van der Waals surface area contributed by atoms with E-state index in [-0.39, 0.29) is 11.8 Å². The molecule has 22 heavy (non-hydrogen) atoms. The average Bonchev–Trinajstić information content (AvgIpc) is 3.30. The van der Waals surface area contributed by atoms with Gasteiger partial charge in [-0.1, -0.05) is 12.8 Å². The molecule has 124 valence electrons. The van der Waals surface area contributed by atoms with E-state index in [0.717, 1.165) is 51.5 Å². The minimum Gasteiger partial charge on any atom is -0.347 e. The number of nitrogens with zero attached hydrogens (tertiary/aromatic N) is 2. The Morgan fingerprint density at radius 2 is 1.59 bits per heavy atom. The van der Waals surface area contributed by atoms with E-state index in [1.54, 1.807) is 0 Å². The third kappa shape index (κ3) is 2.57. The molecule has 4 fully saturated rings. The van der Waals surface area contributed by atoms with Crippen LogP contribution in [0.4, 0.5) is 0 Å². The predicted molar refractivity (Wildman–Crippen MR) is 82.4 cm³/mol. The minimum absolute atomic E-state index is 0.0759. The van der Waals surface area contributed by atoms with E-state index in [1.165, 1.54) is 25.7 Å². The van der Waals surface area contributed by atoms with Crippen LogP contribution in [-0.2, 0) is 14.3 Å². The fourth-order valence-corrected chi connectivity index (χ4v) is 4.87. The van der Waals surface area contributed by atoms with Gasteiger partial charge < -0.3 is 14.4 Å². The zero-order valence-electron chi connectivity index (χ0n) is 13.5. The molecule has 1 amide bonds. The lowest BCUT2D eigenvalue weighted by Crippen LogP contribution is -2.55. The highest BCUT2D eigenvalue weighted by molar-refractivity contribution is 5.80. The molecule has 1 spiro atoms. The van der Waals surface area contributed by atoms with Crippen molar-refractivity contribution < 1.29 is 14.3 Å². The van der Waals surface area contributed by atoms with Crippen LogP contribution in [-0.4, -0.2) is 66.9 Å². The number of hydrogen-bond acceptors (Lipinski definition) is 4. The van der Waals surface area contributed by atoms with Crippen molar-refractivity contribution in [2.75, 3.05) is 39.4 Å². The summed E-state index contributed by atoms with van der Waals surface area (Å²) in [6, 6.07) is 0.775. The molecule has 2 aliphatic carbocycles. The molecule has 0 aromatic heterocycles. The summed E-state index contributed by atoms with van der Waals surface area (Å²) >= 11 is 0. The van der Waals surface area contributed by atoms with Gasteiger partial charge in [0.1, 0.15) is 0 Å². The molecular weight excluding hydrogens is 280 g/mol. The van der Waals surface area contributed by atoms with E-state index in [4.69, 9.17) is 9.47 Å². The Kier molecular flexibility index (Phi) is 4.13. The predicted octanol–water partition coefficient (Wildman–Crippen LogP) is 1.62. The first-order chi connectivity index (χ1) is 10.8. The average molecular weight is 308 g/mol. The highest BCUT2D eigenvalue weighted by Crippen LogP contribution is 2.43. The van der Waals surface area contributed by atoms with E-state index < -0.39 is 5.79 Å². The summed E-state index contributed by atoms with van der Waals surface area (Å²) in [6.45, 7) is 5.11. The summed E-state index contributed by atoms with van der Waals surface area (Å²) in [6.07, 6.45) is 8.29. The molecule has 0 radical (unpaired) electrons. The number of rotatable bonds is 2. The molecule has 0 aromatic carbocycles. The summed E-state index contributed by atoms with van der Waals surface area (Å²) in [7, 11) is 0. The van der Waals surface area contributed by atoms with E-state index in [1.807, 2.05) is 0 Å². The quantitative estimate of drug-likeness (QED) is 0.777. The van der Waals surface area contributed by atoms with Gasteiger partial charge in [0.25, 0.3) is 0 Å². The van der Waals surface area contributed by atoms with Gasteiger partial charge in [-0.25, -0.2) is 0 Å². The van der Waals surface area contributed by atoms with Crippen molar-refractivity contribution in [2.24, 2.45) is 5.92 Å². The number of hydrogen-bond donors (Lipinski definition) is 0. The maximum absolute atomic E-state index is 12.9. The van der Waals surface area contributed by atoms with Crippen molar-refractivity contribution in [3.05, 3.63) is 0 Å². The topological polar surface area (TPSA) is 42.0 Å². The lowest BCUT2D eigenvalue weighted by molar-refractivity contribution is -0.192. The van der Waals surface area contributed by atoms with Crippen molar-refractivity contribution in [1.29, 1.82) is 0 Å². The third-order valence-electron chi connectivity index (χ3n) is 6.09. The van der Waals surface area contributed by atoms with Gasteiger partial charge in [-0.3, -0.25) is 9.69 Å². The van der Waals surface area contributed by atoms with Gasteiger partial charge in [-0.05, 0) is 25.7 Å². The Labute approximate surface area is 132 Å². The lowest BCUT2D eigenvalue weighted by Gasteiger charge is -2.40. The number of ether oxygens (including phenoxy) is 2. The zero-order valence-corrected chi connectivity index (χ0v) is 13.5. The monoisotopic (exact) mass is 308 g/mol. The molecule has 2 aliphatic heterocycles. The summed E-state index contributed by atoms with van der Waals surface area (Å²) in [5.41, 5.74) is 0. The Balaban J connectivity index is 1.35. The maximum Gasteiger partial charge on any atom is 0.231 e. The fraction of sp³-hybridized carbons (Fsp3) is 0.941. The second-order valence-corrected chi connectivity index (χ2v) is 7.25. The molecule has 4 rings (SSSR count). The Morgan fingerprint density at radius 1 is 0.909 bits per heavy atom. The highest BCUT2D eigenvalue weighted by Gasteiger charge is 2.52. The number of amides is 1. The van der Waals surface area contributed by atoms with Crippen molar-refractivity contribution >= 4 is 5.91 Å². The van der Waals surface area contributed by atoms with Crippen molar-refractivity contribution in [2.45, 2.75) is 56.8 Å². The van der Waals surface area contributed by atoms with Crippen molar-refractivity contribution in [3.8, 4) is 0 Å². The number of carbonyl (C=O) groups is 1. The van der Waals surface area contributed by atoms with Crippen LogP contribution in [0.15, 0.2) is 0 Å². The van der Waals surface area contributed by atoms with Gasteiger partial charge in [0, 0.05) is 38.6 Å². The molecule has 1 unspecified atom stereocenters. The van der Waals surface area contributed by atoms with Crippen LogP contribution in [0, 0.1) is 5.92 Å². The van der Waals surface area contributed by atoms with Crippen LogP contribution < -0.4 is 0 Å². The Morgan fingerprint density at radius 3 is 2.27 bits per heavy atom. The smallest absolute Gasteiger partial charge is 0.231 e. The van der Waals surface area contributed by atoms with E-state index in [2.05, 4.69) is 9.80 Å². The first-order valence-electron chi connectivity index (χ1n) is 9.09. The van der Waals surface area contributed by atoms with Crippen LogP contribution in [0.3, 0.4) is 0 Å². The number of carbonyl (C=O) groups excluding carboxylic acids is 1. The lowest BCUT2D eigenvalue weighted by atomic mass is 10.00. The van der Waals surface area contributed by atoms with Crippen LogP contribution >= 0.6 is 0 Å². The van der Waals surface area contributed by atoms with Gasteiger partial charge in [0.15, 0.2) is 5.79 Å². The summed E-state index contributed by atoms with van der Waals surface area (Å²) in [5.74, 6) is -0.391. The molecule has 2 heterocycles. The SMILES string of the molecule is O=C(C1CCCC12OCCO2)N1CCN(C2CCCC2)CC1. The number of piperazine rings is 1. The summed E-state index contributed by atoms with van der Waals surface area (Å²) < 4.78 is 11.7. The summed E-state index contributed by atoms with van der Waals surface area (Å²) in [4.78, 5) is 17.6. The first-order valence-corrected chi connectivity index (χ1v) is 9.09. The van der Waals surface area contributed by atoms with Gasteiger partial charge >= 0.3 is 0 Å². The van der Waals surface area contributed by atoms with Crippen LogP contribution in [0.25, 0.3) is 0 Å². The molecule has 2 saturated heterocycles. The molecule has 1 atom stereocenters. The van der Waals surface area contributed by atoms with Gasteiger partial charge in [-0.15, -0.1) is 0 Å². The first kappa shape index (κ1) is 14.9. The maximum atomic E-state index is 12.9. The summed E-state index contributed by atoms with van der Waals surface area (Å²) in [5, 5.41) is 0. The van der Waals surface area contributed by atoms with Crippen molar-refractivity contribution in [3.63, 3.8) is 0 Å². The molecule has 0 aromatic rings. The Bertz CT molecular complexity index is 403. The van der Waals surface area contributed by atoms with Crippen molar-refractivity contribution in [1.82, 2.24) is 9.80 Å². The van der Waals surface area contributed by atoms with E-state index in [9.17, 15) is 4.79 Å². The van der Waals surface area contributed by atoms with Crippen LogP contribution in [0.5, 0.6) is 0 Å². The minimum atomic E-state index is -0.584. The normalized spacial score (nSPS) is 33.1. The molecule has 5 nitrogen and oxygen atoms in total. The zero-order chi connectivity index (χ0) is 15.0. The Hall–Kier alpha value is -0.650. The molecule has 4 aliphatic rings. The second kappa shape index (κ2) is 6.10. The third-order valence-corrected chi connectivity index (χ3v) is 6.09. The second-order valence-electron chi connectivity index (χ2n) is 7.25. The highest BCUT2D eigenvalue weighted by atomic mass is 16.7. The molecule has 0 N–H and O–H groups in total. The largest absolute Gasteiger partial charge is 0.347 e.